The van der Waals surface area contributed by atoms with Gasteiger partial charge in [-0.3, -0.25) is 0 Å². The van der Waals surface area contributed by atoms with Gasteiger partial charge in [-0.1, -0.05) is 42.3 Å². The fraction of sp³-hybridized carbons (Fsp3) is 0.294. The van der Waals surface area contributed by atoms with Crippen molar-refractivity contribution in [2.75, 3.05) is 6.54 Å². The third kappa shape index (κ3) is 3.97. The summed E-state index contributed by atoms with van der Waals surface area (Å²) in [7, 11) is 0. The lowest BCUT2D eigenvalue weighted by Crippen LogP contribution is -2.19. The van der Waals surface area contributed by atoms with Crippen molar-refractivity contribution >= 4 is 23.2 Å². The molecule has 4 heteroatoms. The lowest BCUT2D eigenvalue weighted by molar-refractivity contribution is 0.571. The summed E-state index contributed by atoms with van der Waals surface area (Å²) in [5.41, 5.74) is 2.71. The van der Waals surface area contributed by atoms with Gasteiger partial charge < -0.3 is 5.32 Å². The minimum absolute atomic E-state index is 0.190. The van der Waals surface area contributed by atoms with E-state index in [2.05, 4.69) is 19.2 Å². The van der Waals surface area contributed by atoms with Gasteiger partial charge in [0, 0.05) is 16.6 Å². The predicted molar refractivity (Wildman–Crippen MR) is 88.6 cm³/mol. The second-order valence-electron chi connectivity index (χ2n) is 5.04. The Balaban J connectivity index is 2.30. The number of hydrogen-bond donors (Lipinski definition) is 1. The topological polar surface area (TPSA) is 12.0 Å². The Morgan fingerprint density at radius 3 is 2.48 bits per heavy atom. The summed E-state index contributed by atoms with van der Waals surface area (Å²) < 4.78 is 13.1. The molecule has 0 radical (unpaired) electrons. The average molecular weight is 326 g/mol. The molecule has 2 rings (SSSR count). The van der Waals surface area contributed by atoms with E-state index in [0.717, 1.165) is 29.7 Å². The Bertz CT molecular complexity index is 628. The number of rotatable bonds is 5. The standard InChI is InChI=1S/C17H18Cl2FN/c1-3-8-21-11(2)14-6-4-12(9-16(14)18)15-7-5-13(20)10-17(15)19/h4-7,9-11,21H,3,8H2,1-2H3. The van der Waals surface area contributed by atoms with Crippen LogP contribution in [0.4, 0.5) is 4.39 Å². The third-order valence-corrected chi connectivity index (χ3v) is 4.05. The Morgan fingerprint density at radius 2 is 1.86 bits per heavy atom. The zero-order chi connectivity index (χ0) is 15.4. The van der Waals surface area contributed by atoms with Crippen LogP contribution in [-0.2, 0) is 0 Å². The van der Waals surface area contributed by atoms with Crippen LogP contribution in [0.3, 0.4) is 0 Å². The molecule has 0 heterocycles. The van der Waals surface area contributed by atoms with E-state index in [1.165, 1.54) is 12.1 Å². The molecule has 0 fully saturated rings. The highest BCUT2D eigenvalue weighted by molar-refractivity contribution is 6.34. The summed E-state index contributed by atoms with van der Waals surface area (Å²) in [6.07, 6.45) is 1.07. The zero-order valence-electron chi connectivity index (χ0n) is 12.1. The van der Waals surface area contributed by atoms with Crippen LogP contribution in [0.25, 0.3) is 11.1 Å². The van der Waals surface area contributed by atoms with Crippen molar-refractivity contribution in [2.24, 2.45) is 0 Å². The molecule has 0 saturated heterocycles. The van der Waals surface area contributed by atoms with E-state index in [1.807, 2.05) is 18.2 Å². The minimum atomic E-state index is -0.344. The summed E-state index contributed by atoms with van der Waals surface area (Å²) in [5.74, 6) is -0.344. The number of benzene rings is 2. The highest BCUT2D eigenvalue weighted by Crippen LogP contribution is 2.33. The maximum absolute atomic E-state index is 13.1. The maximum Gasteiger partial charge on any atom is 0.124 e. The van der Waals surface area contributed by atoms with E-state index in [0.29, 0.717) is 10.0 Å². The van der Waals surface area contributed by atoms with Gasteiger partial charge in [0.05, 0.1) is 5.02 Å². The SMILES string of the molecule is CCCNC(C)c1ccc(-c2ccc(F)cc2Cl)cc1Cl. The molecule has 0 amide bonds. The fourth-order valence-electron chi connectivity index (χ4n) is 2.24. The monoisotopic (exact) mass is 325 g/mol. The zero-order valence-corrected chi connectivity index (χ0v) is 13.6. The largest absolute Gasteiger partial charge is 0.310 e. The summed E-state index contributed by atoms with van der Waals surface area (Å²) in [4.78, 5) is 0. The molecule has 0 spiro atoms. The Kier molecular flexibility index (Phi) is 5.63. The Hall–Kier alpha value is -1.09. The molecule has 0 saturated carbocycles. The number of nitrogens with one attached hydrogen (secondary N) is 1. The molecular weight excluding hydrogens is 308 g/mol. The molecule has 0 aliphatic carbocycles. The molecule has 2 aromatic carbocycles. The second kappa shape index (κ2) is 7.26. The number of hydrogen-bond acceptors (Lipinski definition) is 1. The first-order chi connectivity index (χ1) is 10.0. The van der Waals surface area contributed by atoms with Crippen molar-refractivity contribution in [3.63, 3.8) is 0 Å². The van der Waals surface area contributed by atoms with Crippen LogP contribution in [-0.4, -0.2) is 6.54 Å². The van der Waals surface area contributed by atoms with Gasteiger partial charge >= 0.3 is 0 Å². The van der Waals surface area contributed by atoms with Gasteiger partial charge in [-0.05, 0) is 55.3 Å². The fourth-order valence-corrected chi connectivity index (χ4v) is 2.86. The van der Waals surface area contributed by atoms with E-state index in [1.54, 1.807) is 6.07 Å². The van der Waals surface area contributed by atoms with Gasteiger partial charge in [0.1, 0.15) is 5.82 Å². The van der Waals surface area contributed by atoms with Crippen LogP contribution in [0.15, 0.2) is 36.4 Å². The smallest absolute Gasteiger partial charge is 0.124 e. The van der Waals surface area contributed by atoms with E-state index >= 15 is 0 Å². The first-order valence-corrected chi connectivity index (χ1v) is 7.76. The Morgan fingerprint density at radius 1 is 1.10 bits per heavy atom. The van der Waals surface area contributed by atoms with Crippen LogP contribution >= 0.6 is 23.2 Å². The third-order valence-electron chi connectivity index (χ3n) is 3.41. The molecule has 1 unspecified atom stereocenters. The molecule has 1 nitrogen and oxygen atoms in total. The summed E-state index contributed by atoms with van der Waals surface area (Å²) >= 11 is 12.5. The lowest BCUT2D eigenvalue weighted by atomic mass is 10.0. The van der Waals surface area contributed by atoms with Crippen molar-refractivity contribution in [2.45, 2.75) is 26.3 Å². The quantitative estimate of drug-likeness (QED) is 0.725. The highest BCUT2D eigenvalue weighted by atomic mass is 35.5. The normalized spacial score (nSPS) is 12.4. The van der Waals surface area contributed by atoms with E-state index in [9.17, 15) is 4.39 Å². The van der Waals surface area contributed by atoms with Crippen LogP contribution in [0, 0.1) is 5.82 Å². The molecule has 2 aromatic rings. The van der Waals surface area contributed by atoms with E-state index in [-0.39, 0.29) is 11.9 Å². The van der Waals surface area contributed by atoms with Gasteiger partial charge in [-0.2, -0.15) is 0 Å². The van der Waals surface area contributed by atoms with Gasteiger partial charge in [-0.25, -0.2) is 4.39 Å². The minimum Gasteiger partial charge on any atom is -0.310 e. The van der Waals surface area contributed by atoms with Crippen LogP contribution in [0.1, 0.15) is 31.9 Å². The molecule has 1 atom stereocenters. The molecular formula is C17H18Cl2FN. The van der Waals surface area contributed by atoms with E-state index < -0.39 is 0 Å². The number of halogens is 3. The summed E-state index contributed by atoms with van der Waals surface area (Å²) in [6, 6.07) is 10.4. The molecule has 1 N–H and O–H groups in total. The molecule has 21 heavy (non-hydrogen) atoms. The van der Waals surface area contributed by atoms with Crippen LogP contribution in [0.2, 0.25) is 10.0 Å². The van der Waals surface area contributed by atoms with Gasteiger partial charge in [-0.15, -0.1) is 0 Å². The van der Waals surface area contributed by atoms with Gasteiger partial charge in [0.25, 0.3) is 0 Å². The van der Waals surface area contributed by atoms with Crippen molar-refractivity contribution < 1.29 is 4.39 Å². The summed E-state index contributed by atoms with van der Waals surface area (Å²) in [5, 5.41) is 4.48. The Labute approximate surface area is 135 Å². The van der Waals surface area contributed by atoms with Crippen molar-refractivity contribution in [3.8, 4) is 11.1 Å². The van der Waals surface area contributed by atoms with Crippen LogP contribution in [0.5, 0.6) is 0 Å². The van der Waals surface area contributed by atoms with Crippen LogP contribution < -0.4 is 5.32 Å². The van der Waals surface area contributed by atoms with Crippen molar-refractivity contribution in [3.05, 3.63) is 57.8 Å². The molecule has 0 aromatic heterocycles. The van der Waals surface area contributed by atoms with E-state index in [4.69, 9.17) is 23.2 Å². The molecule has 0 aliphatic rings. The molecule has 0 aliphatic heterocycles. The molecule has 0 bridgehead atoms. The lowest BCUT2D eigenvalue weighted by Gasteiger charge is -2.16. The first kappa shape index (κ1) is 16.3. The van der Waals surface area contributed by atoms with Crippen molar-refractivity contribution in [1.29, 1.82) is 0 Å². The van der Waals surface area contributed by atoms with Gasteiger partial charge in [0.15, 0.2) is 0 Å². The first-order valence-electron chi connectivity index (χ1n) is 7.01. The maximum atomic E-state index is 13.1. The molecule has 112 valence electrons. The van der Waals surface area contributed by atoms with Gasteiger partial charge in [0.2, 0.25) is 0 Å². The summed E-state index contributed by atoms with van der Waals surface area (Å²) in [6.45, 7) is 5.16. The highest BCUT2D eigenvalue weighted by Gasteiger charge is 2.11. The predicted octanol–water partition coefficient (Wildman–Crippen LogP) is 5.86. The average Bonchev–Trinajstić information content (AvgIpc) is 2.44. The second-order valence-corrected chi connectivity index (χ2v) is 5.85. The van der Waals surface area contributed by atoms with Crippen molar-refractivity contribution in [1.82, 2.24) is 5.32 Å².